The van der Waals surface area contributed by atoms with Gasteiger partial charge in [-0.25, -0.2) is 8.42 Å². The maximum absolute atomic E-state index is 12.1. The standard InChI is InChI=1S/C20H25NO2S/c1-3-21(20(2)14-15-24(22,23)16-20)19(17-10-6-4-7-11-17)18-12-8-5-9-13-18/h4-13,19H,3,14-16H2,1-2H3/t20-/m1/s1. The third kappa shape index (κ3) is 3.40. The number of nitrogens with zero attached hydrogens (tertiary/aromatic N) is 1. The molecule has 4 heteroatoms. The van der Waals surface area contributed by atoms with Crippen LogP contribution in [0.5, 0.6) is 0 Å². The molecule has 128 valence electrons. The summed E-state index contributed by atoms with van der Waals surface area (Å²) >= 11 is 0. The van der Waals surface area contributed by atoms with Crippen molar-refractivity contribution in [2.75, 3.05) is 18.1 Å². The highest BCUT2D eigenvalue weighted by Crippen LogP contribution is 2.39. The van der Waals surface area contributed by atoms with Gasteiger partial charge in [0.1, 0.15) is 0 Å². The quantitative estimate of drug-likeness (QED) is 0.831. The lowest BCUT2D eigenvalue weighted by Crippen LogP contribution is -2.49. The summed E-state index contributed by atoms with van der Waals surface area (Å²) in [6.07, 6.45) is 0.694. The molecule has 0 aromatic heterocycles. The first-order chi connectivity index (χ1) is 11.5. The summed E-state index contributed by atoms with van der Waals surface area (Å²) in [5, 5.41) is 0. The fourth-order valence-corrected chi connectivity index (χ4v) is 6.07. The third-order valence-corrected chi connectivity index (χ3v) is 6.95. The van der Waals surface area contributed by atoms with Crippen molar-refractivity contribution < 1.29 is 8.42 Å². The molecule has 1 fully saturated rings. The van der Waals surface area contributed by atoms with Gasteiger partial charge in [0, 0.05) is 5.54 Å². The fourth-order valence-electron chi connectivity index (χ4n) is 3.92. The molecule has 1 aliphatic rings. The molecule has 0 saturated carbocycles. The van der Waals surface area contributed by atoms with E-state index in [1.165, 1.54) is 11.1 Å². The van der Waals surface area contributed by atoms with Gasteiger partial charge in [-0.3, -0.25) is 4.90 Å². The van der Waals surface area contributed by atoms with E-state index in [1.807, 2.05) is 36.4 Å². The van der Waals surface area contributed by atoms with E-state index in [1.54, 1.807) is 0 Å². The summed E-state index contributed by atoms with van der Waals surface area (Å²) in [7, 11) is -2.95. The molecule has 1 atom stereocenters. The van der Waals surface area contributed by atoms with Crippen LogP contribution in [0.15, 0.2) is 60.7 Å². The van der Waals surface area contributed by atoms with Crippen molar-refractivity contribution in [1.29, 1.82) is 0 Å². The molecule has 0 spiro atoms. The molecule has 0 unspecified atom stereocenters. The molecule has 2 aromatic rings. The maximum atomic E-state index is 12.1. The van der Waals surface area contributed by atoms with E-state index in [4.69, 9.17) is 0 Å². The van der Waals surface area contributed by atoms with Gasteiger partial charge in [0.25, 0.3) is 0 Å². The molecule has 3 rings (SSSR count). The topological polar surface area (TPSA) is 37.4 Å². The second-order valence-corrected chi connectivity index (χ2v) is 9.03. The van der Waals surface area contributed by atoms with Crippen LogP contribution in [0, 0.1) is 0 Å². The Morgan fingerprint density at radius 2 is 1.50 bits per heavy atom. The molecular formula is C20H25NO2S. The van der Waals surface area contributed by atoms with Crippen LogP contribution in [-0.2, 0) is 9.84 Å². The van der Waals surface area contributed by atoms with Crippen molar-refractivity contribution in [2.45, 2.75) is 31.8 Å². The first-order valence-corrected chi connectivity index (χ1v) is 10.3. The zero-order valence-corrected chi connectivity index (χ0v) is 15.2. The van der Waals surface area contributed by atoms with Crippen molar-refractivity contribution in [2.24, 2.45) is 0 Å². The van der Waals surface area contributed by atoms with Gasteiger partial charge in [-0.2, -0.15) is 0 Å². The summed E-state index contributed by atoms with van der Waals surface area (Å²) in [4.78, 5) is 2.36. The van der Waals surface area contributed by atoms with Crippen LogP contribution in [0.1, 0.15) is 37.4 Å². The lowest BCUT2D eigenvalue weighted by molar-refractivity contribution is 0.0977. The molecule has 1 heterocycles. The summed E-state index contributed by atoms with van der Waals surface area (Å²) in [5.41, 5.74) is 2.08. The van der Waals surface area contributed by atoms with Gasteiger partial charge in [0.15, 0.2) is 9.84 Å². The van der Waals surface area contributed by atoms with Crippen molar-refractivity contribution in [1.82, 2.24) is 4.90 Å². The Bertz CT molecular complexity index is 734. The number of hydrogen-bond acceptors (Lipinski definition) is 3. The SMILES string of the molecule is CCN(C(c1ccccc1)c1ccccc1)[C@]1(C)CCS(=O)(=O)C1. The average Bonchev–Trinajstić information content (AvgIpc) is 2.88. The molecule has 0 amide bonds. The summed E-state index contributed by atoms with van der Waals surface area (Å²) in [6.45, 7) is 5.02. The molecule has 0 N–H and O–H groups in total. The first kappa shape index (κ1) is 17.2. The Morgan fingerprint density at radius 1 is 1.00 bits per heavy atom. The predicted octanol–water partition coefficient (Wildman–Crippen LogP) is 3.68. The minimum Gasteiger partial charge on any atom is -0.286 e. The van der Waals surface area contributed by atoms with E-state index in [-0.39, 0.29) is 23.1 Å². The molecular weight excluding hydrogens is 318 g/mol. The Morgan fingerprint density at radius 3 is 1.88 bits per heavy atom. The largest absolute Gasteiger partial charge is 0.286 e. The first-order valence-electron chi connectivity index (χ1n) is 8.52. The Hall–Kier alpha value is -1.65. The van der Waals surface area contributed by atoms with E-state index >= 15 is 0 Å². The highest BCUT2D eigenvalue weighted by Gasteiger charge is 2.45. The Labute approximate surface area is 145 Å². The third-order valence-electron chi connectivity index (χ3n) is 5.06. The number of rotatable bonds is 5. The lowest BCUT2D eigenvalue weighted by atomic mass is 9.90. The van der Waals surface area contributed by atoms with E-state index < -0.39 is 9.84 Å². The predicted molar refractivity (Wildman–Crippen MR) is 98.8 cm³/mol. The maximum Gasteiger partial charge on any atom is 0.152 e. The molecule has 3 nitrogen and oxygen atoms in total. The molecule has 0 aliphatic carbocycles. The van der Waals surface area contributed by atoms with Gasteiger partial charge in [-0.05, 0) is 31.0 Å². The van der Waals surface area contributed by atoms with Crippen LogP contribution in [0.2, 0.25) is 0 Å². The lowest BCUT2D eigenvalue weighted by Gasteiger charge is -2.43. The van der Waals surface area contributed by atoms with Gasteiger partial charge >= 0.3 is 0 Å². The van der Waals surface area contributed by atoms with Crippen molar-refractivity contribution >= 4 is 9.84 Å². The smallest absolute Gasteiger partial charge is 0.152 e. The van der Waals surface area contributed by atoms with Gasteiger partial charge < -0.3 is 0 Å². The summed E-state index contributed by atoms with van der Waals surface area (Å²) < 4.78 is 24.3. The normalized spacial score (nSPS) is 23.0. The number of hydrogen-bond donors (Lipinski definition) is 0. The fraction of sp³-hybridized carbons (Fsp3) is 0.400. The Balaban J connectivity index is 2.07. The molecule has 0 radical (unpaired) electrons. The van der Waals surface area contributed by atoms with Crippen LogP contribution in [0.3, 0.4) is 0 Å². The van der Waals surface area contributed by atoms with Crippen molar-refractivity contribution in [3.63, 3.8) is 0 Å². The second kappa shape index (κ2) is 6.69. The van der Waals surface area contributed by atoms with Crippen LogP contribution in [-0.4, -0.2) is 36.9 Å². The van der Waals surface area contributed by atoms with Crippen molar-refractivity contribution in [3.05, 3.63) is 71.8 Å². The monoisotopic (exact) mass is 343 g/mol. The summed E-state index contributed by atoms with van der Waals surface area (Å²) in [5.74, 6) is 0.528. The highest BCUT2D eigenvalue weighted by molar-refractivity contribution is 7.91. The number of benzene rings is 2. The van der Waals surface area contributed by atoms with Crippen LogP contribution in [0.25, 0.3) is 0 Å². The van der Waals surface area contributed by atoms with E-state index in [2.05, 4.69) is 43.0 Å². The van der Waals surface area contributed by atoms with Crippen LogP contribution >= 0.6 is 0 Å². The van der Waals surface area contributed by atoms with Gasteiger partial charge in [-0.1, -0.05) is 67.6 Å². The zero-order valence-electron chi connectivity index (χ0n) is 14.4. The zero-order chi connectivity index (χ0) is 17.2. The minimum atomic E-state index is -2.95. The molecule has 1 aliphatic heterocycles. The molecule has 24 heavy (non-hydrogen) atoms. The summed E-state index contributed by atoms with van der Waals surface area (Å²) in [6, 6.07) is 20.8. The Kier molecular flexibility index (Phi) is 4.79. The second-order valence-electron chi connectivity index (χ2n) is 6.85. The number of sulfone groups is 1. The van der Waals surface area contributed by atoms with Crippen LogP contribution < -0.4 is 0 Å². The van der Waals surface area contributed by atoms with E-state index in [0.29, 0.717) is 6.42 Å². The van der Waals surface area contributed by atoms with Crippen LogP contribution in [0.4, 0.5) is 0 Å². The van der Waals surface area contributed by atoms with Crippen molar-refractivity contribution in [3.8, 4) is 0 Å². The van der Waals surface area contributed by atoms with E-state index in [9.17, 15) is 8.42 Å². The molecule has 2 aromatic carbocycles. The van der Waals surface area contributed by atoms with E-state index in [0.717, 1.165) is 6.54 Å². The molecule has 0 bridgehead atoms. The minimum absolute atomic E-state index is 0.0655. The van der Waals surface area contributed by atoms with Gasteiger partial charge in [0.05, 0.1) is 17.5 Å². The molecule has 1 saturated heterocycles. The highest BCUT2D eigenvalue weighted by atomic mass is 32.2. The van der Waals surface area contributed by atoms with Gasteiger partial charge in [0.2, 0.25) is 0 Å². The average molecular weight is 343 g/mol. The van der Waals surface area contributed by atoms with Gasteiger partial charge in [-0.15, -0.1) is 0 Å².